The number of nitrogens with one attached hydrogen (secondary N) is 1. The lowest BCUT2D eigenvalue weighted by molar-refractivity contribution is 0.0934. The molecule has 0 saturated heterocycles. The Balaban J connectivity index is 1.36. The molecule has 2 aliphatic carbocycles. The summed E-state index contributed by atoms with van der Waals surface area (Å²) >= 11 is 1.67. The summed E-state index contributed by atoms with van der Waals surface area (Å²) in [4.78, 5) is 12.9. The van der Waals surface area contributed by atoms with Gasteiger partial charge in [0.25, 0.3) is 5.91 Å². The maximum absolute atomic E-state index is 12.9. The second-order valence-corrected chi connectivity index (χ2v) is 10.4. The summed E-state index contributed by atoms with van der Waals surface area (Å²) in [5, 5.41) is 17.7. The maximum atomic E-state index is 12.9. The Hall–Kier alpha value is -1.83. The van der Waals surface area contributed by atoms with Crippen LogP contribution in [0.5, 0.6) is 0 Å². The second kappa shape index (κ2) is 8.73. The zero-order valence-electron chi connectivity index (χ0n) is 18.6. The third kappa shape index (κ3) is 4.58. The SMILES string of the molecule is CSc1nnc(CCCNC(=O)c2cc(C3CC3)nn2C(C)(C)C)n1C1CCCC1. The first kappa shape index (κ1) is 21.4. The highest BCUT2D eigenvalue weighted by atomic mass is 32.2. The van der Waals surface area contributed by atoms with E-state index in [1.807, 2.05) is 10.7 Å². The van der Waals surface area contributed by atoms with Crippen LogP contribution in [0.1, 0.15) is 99.7 Å². The summed E-state index contributed by atoms with van der Waals surface area (Å²) in [6.07, 6.45) is 11.1. The predicted octanol–water partition coefficient (Wildman–Crippen LogP) is 4.31. The average Bonchev–Trinajstić information content (AvgIpc) is 3.13. The molecule has 0 aliphatic heterocycles. The lowest BCUT2D eigenvalue weighted by Gasteiger charge is -2.22. The number of carbonyl (C=O) groups excluding carboxylic acids is 1. The summed E-state index contributed by atoms with van der Waals surface area (Å²) in [6, 6.07) is 2.52. The van der Waals surface area contributed by atoms with E-state index < -0.39 is 0 Å². The molecule has 8 heteroatoms. The minimum Gasteiger partial charge on any atom is -0.351 e. The van der Waals surface area contributed by atoms with Gasteiger partial charge in [-0.05, 0) is 65.2 Å². The number of hydrogen-bond acceptors (Lipinski definition) is 5. The third-order valence-electron chi connectivity index (χ3n) is 6.06. The number of nitrogens with zero attached hydrogens (tertiary/aromatic N) is 5. The molecule has 2 aromatic rings. The normalized spacial score (nSPS) is 17.6. The van der Waals surface area contributed by atoms with Gasteiger partial charge in [-0.3, -0.25) is 9.48 Å². The van der Waals surface area contributed by atoms with E-state index in [1.165, 1.54) is 38.5 Å². The van der Waals surface area contributed by atoms with Crippen LogP contribution in [0, 0.1) is 0 Å². The second-order valence-electron chi connectivity index (χ2n) is 9.58. The van der Waals surface area contributed by atoms with Gasteiger partial charge in [0.15, 0.2) is 5.16 Å². The van der Waals surface area contributed by atoms with E-state index in [0.717, 1.165) is 29.5 Å². The van der Waals surface area contributed by atoms with Gasteiger partial charge in [-0.2, -0.15) is 5.10 Å². The van der Waals surface area contributed by atoms with E-state index in [-0.39, 0.29) is 11.4 Å². The van der Waals surface area contributed by atoms with Crippen molar-refractivity contribution in [2.45, 2.75) is 94.8 Å². The van der Waals surface area contributed by atoms with E-state index in [2.05, 4.69) is 47.1 Å². The molecule has 0 atom stereocenters. The van der Waals surface area contributed by atoms with Crippen LogP contribution >= 0.6 is 11.8 Å². The van der Waals surface area contributed by atoms with Gasteiger partial charge in [0.1, 0.15) is 11.5 Å². The summed E-state index contributed by atoms with van der Waals surface area (Å²) in [6.45, 7) is 6.89. The molecule has 0 spiro atoms. The van der Waals surface area contributed by atoms with Crippen molar-refractivity contribution in [1.82, 2.24) is 29.9 Å². The Morgan fingerprint density at radius 3 is 2.57 bits per heavy atom. The van der Waals surface area contributed by atoms with Crippen LogP contribution in [0.3, 0.4) is 0 Å². The van der Waals surface area contributed by atoms with Crippen LogP contribution in [0.15, 0.2) is 11.2 Å². The van der Waals surface area contributed by atoms with E-state index in [4.69, 9.17) is 5.10 Å². The topological polar surface area (TPSA) is 77.6 Å². The van der Waals surface area contributed by atoms with Crippen LogP contribution < -0.4 is 5.32 Å². The molecule has 4 rings (SSSR count). The summed E-state index contributed by atoms with van der Waals surface area (Å²) in [5.74, 6) is 1.55. The molecule has 1 N–H and O–H groups in total. The first-order valence-electron chi connectivity index (χ1n) is 11.2. The van der Waals surface area contributed by atoms with Crippen molar-refractivity contribution in [2.75, 3.05) is 12.8 Å². The van der Waals surface area contributed by atoms with Crippen LogP contribution in [0.4, 0.5) is 0 Å². The minimum absolute atomic E-state index is 0.0358. The zero-order valence-corrected chi connectivity index (χ0v) is 19.5. The van der Waals surface area contributed by atoms with Crippen molar-refractivity contribution in [1.29, 1.82) is 0 Å². The van der Waals surface area contributed by atoms with Crippen molar-refractivity contribution in [3.63, 3.8) is 0 Å². The number of rotatable bonds is 8. The van der Waals surface area contributed by atoms with Gasteiger partial charge in [-0.1, -0.05) is 24.6 Å². The molecule has 0 unspecified atom stereocenters. The summed E-state index contributed by atoms with van der Waals surface area (Å²) in [7, 11) is 0. The van der Waals surface area contributed by atoms with Gasteiger partial charge >= 0.3 is 0 Å². The van der Waals surface area contributed by atoms with Crippen LogP contribution in [-0.4, -0.2) is 43.3 Å². The third-order valence-corrected chi connectivity index (χ3v) is 6.71. The number of aromatic nitrogens is 5. The average molecular weight is 431 g/mol. The summed E-state index contributed by atoms with van der Waals surface area (Å²) < 4.78 is 4.23. The van der Waals surface area contributed by atoms with Gasteiger partial charge in [0.2, 0.25) is 0 Å². The van der Waals surface area contributed by atoms with Gasteiger partial charge in [-0.15, -0.1) is 10.2 Å². The van der Waals surface area contributed by atoms with Crippen molar-refractivity contribution in [2.24, 2.45) is 0 Å². The Kier molecular flexibility index (Phi) is 6.23. The highest BCUT2D eigenvalue weighted by Gasteiger charge is 2.31. The fourth-order valence-corrected chi connectivity index (χ4v) is 4.91. The maximum Gasteiger partial charge on any atom is 0.269 e. The van der Waals surface area contributed by atoms with Gasteiger partial charge in [0.05, 0.1) is 11.2 Å². The van der Waals surface area contributed by atoms with Gasteiger partial charge in [-0.25, -0.2) is 0 Å². The highest BCUT2D eigenvalue weighted by molar-refractivity contribution is 7.98. The first-order valence-corrected chi connectivity index (χ1v) is 12.5. The molecule has 0 aromatic carbocycles. The molecule has 0 bridgehead atoms. The largest absolute Gasteiger partial charge is 0.351 e. The monoisotopic (exact) mass is 430 g/mol. The van der Waals surface area contributed by atoms with Crippen molar-refractivity contribution in [3.05, 3.63) is 23.3 Å². The lowest BCUT2D eigenvalue weighted by Crippen LogP contribution is -2.33. The summed E-state index contributed by atoms with van der Waals surface area (Å²) in [5.41, 5.74) is 1.51. The van der Waals surface area contributed by atoms with Crippen molar-refractivity contribution in [3.8, 4) is 0 Å². The zero-order chi connectivity index (χ0) is 21.3. The van der Waals surface area contributed by atoms with Crippen molar-refractivity contribution >= 4 is 17.7 Å². The molecule has 2 heterocycles. The number of hydrogen-bond donors (Lipinski definition) is 1. The molecule has 2 aliphatic rings. The van der Waals surface area contributed by atoms with Crippen LogP contribution in [0.25, 0.3) is 0 Å². The first-order chi connectivity index (χ1) is 14.4. The molecule has 1 amide bonds. The molecule has 7 nitrogen and oxygen atoms in total. The Morgan fingerprint density at radius 1 is 1.20 bits per heavy atom. The molecule has 30 heavy (non-hydrogen) atoms. The Labute approximate surface area is 183 Å². The highest BCUT2D eigenvalue weighted by Crippen LogP contribution is 2.40. The minimum atomic E-state index is -0.217. The molecule has 2 fully saturated rings. The fourth-order valence-electron chi connectivity index (χ4n) is 4.34. The van der Waals surface area contributed by atoms with E-state index in [0.29, 0.717) is 24.2 Å². The molecule has 2 aromatic heterocycles. The molecular weight excluding hydrogens is 396 g/mol. The molecular formula is C22H34N6OS. The lowest BCUT2D eigenvalue weighted by atomic mass is 10.1. The Bertz CT molecular complexity index is 886. The Morgan fingerprint density at radius 2 is 1.93 bits per heavy atom. The van der Waals surface area contributed by atoms with Crippen LogP contribution in [0.2, 0.25) is 0 Å². The molecule has 0 radical (unpaired) electrons. The molecule has 2 saturated carbocycles. The van der Waals surface area contributed by atoms with E-state index in [9.17, 15) is 4.79 Å². The fraction of sp³-hybridized carbons (Fsp3) is 0.727. The number of amides is 1. The smallest absolute Gasteiger partial charge is 0.269 e. The van der Waals surface area contributed by atoms with Gasteiger partial charge in [0, 0.05) is 24.9 Å². The van der Waals surface area contributed by atoms with Gasteiger partial charge < -0.3 is 9.88 Å². The van der Waals surface area contributed by atoms with Crippen LogP contribution in [-0.2, 0) is 12.0 Å². The molecule has 164 valence electrons. The van der Waals surface area contributed by atoms with Crippen molar-refractivity contribution < 1.29 is 4.79 Å². The number of thioether (sulfide) groups is 1. The quantitative estimate of drug-likeness (QED) is 0.499. The number of aryl methyl sites for hydroxylation is 1. The van der Waals surface area contributed by atoms with E-state index >= 15 is 0 Å². The number of carbonyl (C=O) groups is 1. The van der Waals surface area contributed by atoms with E-state index in [1.54, 1.807) is 11.8 Å². The standard InChI is InChI=1S/C22H34N6OS/c1-22(2,3)28-18(14-17(26-28)15-11-12-15)20(29)23-13-7-10-19-24-25-21(30-4)27(19)16-8-5-6-9-16/h14-16H,5-13H2,1-4H3,(H,23,29). The predicted molar refractivity (Wildman–Crippen MR) is 119 cm³/mol.